The van der Waals surface area contributed by atoms with Crippen molar-refractivity contribution in [3.63, 3.8) is 0 Å². The monoisotopic (exact) mass is 406 g/mol. The van der Waals surface area contributed by atoms with Crippen molar-refractivity contribution in [3.8, 4) is 17.2 Å². The number of rotatable bonds is 12. The van der Waals surface area contributed by atoms with Crippen molar-refractivity contribution in [2.24, 2.45) is 0 Å². The molecule has 0 saturated heterocycles. The number of unbranched alkanes of at least 4 members (excludes halogenated alkanes) is 7. The highest BCUT2D eigenvalue weighted by atomic mass is 32.2. The van der Waals surface area contributed by atoms with Gasteiger partial charge < -0.3 is 9.84 Å². The summed E-state index contributed by atoms with van der Waals surface area (Å²) in [5.41, 5.74) is 0.465. The summed E-state index contributed by atoms with van der Waals surface area (Å²) in [6, 6.07) is 11.7. The van der Waals surface area contributed by atoms with Crippen LogP contribution in [0.2, 0.25) is 0 Å². The van der Waals surface area contributed by atoms with E-state index in [1.54, 1.807) is 30.3 Å². The van der Waals surface area contributed by atoms with E-state index in [1.165, 1.54) is 32.1 Å². The third-order valence-electron chi connectivity index (χ3n) is 4.68. The highest BCUT2D eigenvalue weighted by molar-refractivity contribution is 7.86. The van der Waals surface area contributed by atoms with E-state index in [4.69, 9.17) is 4.74 Å². The van der Waals surface area contributed by atoms with Crippen molar-refractivity contribution in [3.05, 3.63) is 48.0 Å². The second-order valence-electron chi connectivity index (χ2n) is 7.04. The number of benzene rings is 2. The molecule has 0 fully saturated rings. The van der Waals surface area contributed by atoms with Crippen LogP contribution < -0.4 is 4.74 Å². The summed E-state index contributed by atoms with van der Waals surface area (Å²) in [6.07, 6.45) is 9.71. The van der Waals surface area contributed by atoms with Crippen LogP contribution in [0.4, 0.5) is 0 Å². The van der Waals surface area contributed by atoms with E-state index >= 15 is 0 Å². The fourth-order valence-electron chi connectivity index (χ4n) is 3.16. The predicted octanol–water partition coefficient (Wildman–Crippen LogP) is 6.11. The van der Waals surface area contributed by atoms with Gasteiger partial charge in [-0.05, 0) is 36.6 Å². The number of phenols is 1. The predicted molar refractivity (Wildman–Crippen MR) is 111 cm³/mol. The minimum atomic E-state index is -4.55. The summed E-state index contributed by atoms with van der Waals surface area (Å²) in [5, 5.41) is 10.3. The summed E-state index contributed by atoms with van der Waals surface area (Å²) in [6.45, 7) is 2.20. The lowest BCUT2D eigenvalue weighted by Crippen LogP contribution is -2.02. The molecular weight excluding hydrogens is 376 g/mol. The van der Waals surface area contributed by atoms with Crippen LogP contribution in [-0.2, 0) is 16.5 Å². The molecule has 2 aromatic rings. The number of aromatic hydroxyl groups is 1. The van der Waals surface area contributed by atoms with Crippen molar-refractivity contribution >= 4 is 10.1 Å². The van der Waals surface area contributed by atoms with Gasteiger partial charge in [-0.25, -0.2) is 0 Å². The van der Waals surface area contributed by atoms with Crippen molar-refractivity contribution < 1.29 is 22.8 Å². The minimum absolute atomic E-state index is 0.270. The first-order valence-electron chi connectivity index (χ1n) is 9.98. The van der Waals surface area contributed by atoms with Gasteiger partial charge in [-0.2, -0.15) is 8.42 Å². The minimum Gasteiger partial charge on any atom is -0.506 e. The van der Waals surface area contributed by atoms with Gasteiger partial charge in [0.05, 0.1) is 0 Å². The Labute approximate surface area is 168 Å². The molecule has 2 aromatic carbocycles. The van der Waals surface area contributed by atoms with E-state index in [0.717, 1.165) is 25.3 Å². The smallest absolute Gasteiger partial charge is 0.298 e. The molecule has 0 saturated carbocycles. The molecule has 0 atom stereocenters. The average Bonchev–Trinajstić information content (AvgIpc) is 2.66. The molecule has 2 N–H and O–H groups in total. The molecule has 0 aliphatic carbocycles. The summed E-state index contributed by atoms with van der Waals surface area (Å²) in [5.74, 6) is 0.421. The van der Waals surface area contributed by atoms with Gasteiger partial charge in [-0.1, -0.05) is 70.1 Å². The first-order chi connectivity index (χ1) is 13.4. The van der Waals surface area contributed by atoms with Crippen LogP contribution >= 0.6 is 0 Å². The zero-order chi connectivity index (χ0) is 20.4. The number of phenolic OH excluding ortho intramolecular Hbond substituents is 1. The van der Waals surface area contributed by atoms with Gasteiger partial charge >= 0.3 is 0 Å². The number of hydrogen-bond donors (Lipinski definition) is 2. The second kappa shape index (κ2) is 11.1. The summed E-state index contributed by atoms with van der Waals surface area (Å²) >= 11 is 0. The maximum absolute atomic E-state index is 11.7. The fourth-order valence-corrected chi connectivity index (χ4v) is 3.80. The van der Waals surface area contributed by atoms with Crippen LogP contribution in [0.15, 0.2) is 47.4 Å². The van der Waals surface area contributed by atoms with Crippen LogP contribution in [0.5, 0.6) is 17.2 Å². The molecule has 0 spiro atoms. The van der Waals surface area contributed by atoms with Gasteiger partial charge in [0.2, 0.25) is 0 Å². The van der Waals surface area contributed by atoms with Gasteiger partial charge in [0, 0.05) is 6.07 Å². The topological polar surface area (TPSA) is 83.8 Å². The van der Waals surface area contributed by atoms with Crippen molar-refractivity contribution in [2.75, 3.05) is 0 Å². The molecule has 0 heterocycles. The standard InChI is InChI=1S/C22H30O5S/c1-2-3-4-5-6-7-8-10-13-18-16-20(27-19-14-11-9-12-15-19)17-21(22(18)23)28(24,25)26/h9,11-12,14-17,23H,2-8,10,13H2,1H3,(H,24,25,26). The van der Waals surface area contributed by atoms with Crippen LogP contribution in [-0.4, -0.2) is 18.1 Å². The van der Waals surface area contributed by atoms with Crippen molar-refractivity contribution in [1.82, 2.24) is 0 Å². The van der Waals surface area contributed by atoms with E-state index in [1.807, 2.05) is 6.07 Å². The Balaban J connectivity index is 2.04. The molecular formula is C22H30O5S. The van der Waals surface area contributed by atoms with E-state index in [0.29, 0.717) is 17.7 Å². The third-order valence-corrected chi connectivity index (χ3v) is 5.55. The number of ether oxygens (including phenoxy) is 1. The molecule has 0 amide bonds. The lowest BCUT2D eigenvalue weighted by atomic mass is 10.0. The molecule has 0 radical (unpaired) electrons. The van der Waals surface area contributed by atoms with Gasteiger partial charge in [0.1, 0.15) is 22.1 Å². The van der Waals surface area contributed by atoms with Gasteiger partial charge in [-0.15, -0.1) is 0 Å². The summed E-state index contributed by atoms with van der Waals surface area (Å²) in [7, 11) is -4.55. The Morgan fingerprint density at radius 1 is 0.857 bits per heavy atom. The van der Waals surface area contributed by atoms with E-state index in [9.17, 15) is 18.1 Å². The Hall–Kier alpha value is -2.05. The molecule has 5 nitrogen and oxygen atoms in total. The van der Waals surface area contributed by atoms with Crippen LogP contribution in [0.3, 0.4) is 0 Å². The number of hydrogen-bond acceptors (Lipinski definition) is 4. The molecule has 0 aromatic heterocycles. The first-order valence-corrected chi connectivity index (χ1v) is 11.4. The van der Waals surface area contributed by atoms with Crippen LogP contribution in [0, 0.1) is 0 Å². The molecule has 0 bridgehead atoms. The zero-order valence-corrected chi connectivity index (χ0v) is 17.2. The largest absolute Gasteiger partial charge is 0.506 e. The Morgan fingerprint density at radius 2 is 1.46 bits per heavy atom. The quantitative estimate of drug-likeness (QED) is 0.328. The Bertz CT molecular complexity index is 832. The molecule has 2 rings (SSSR count). The lowest BCUT2D eigenvalue weighted by Gasteiger charge is -2.12. The Kier molecular flexibility index (Phi) is 8.80. The maximum atomic E-state index is 11.7. The molecule has 154 valence electrons. The summed E-state index contributed by atoms with van der Waals surface area (Å²) < 4.78 is 38.5. The molecule has 6 heteroatoms. The molecule has 0 unspecified atom stereocenters. The van der Waals surface area contributed by atoms with Gasteiger partial charge in [0.25, 0.3) is 10.1 Å². The normalized spacial score (nSPS) is 11.5. The van der Waals surface area contributed by atoms with Crippen LogP contribution in [0.25, 0.3) is 0 Å². The molecule has 0 aliphatic heterocycles. The first kappa shape index (κ1) is 22.2. The Morgan fingerprint density at radius 3 is 2.07 bits per heavy atom. The summed E-state index contributed by atoms with van der Waals surface area (Å²) in [4.78, 5) is -0.518. The SMILES string of the molecule is CCCCCCCCCCc1cc(Oc2ccccc2)cc(S(=O)(=O)O)c1O. The zero-order valence-electron chi connectivity index (χ0n) is 16.4. The number of para-hydroxylation sites is 1. The van der Waals surface area contributed by atoms with E-state index < -0.39 is 20.8 Å². The highest BCUT2D eigenvalue weighted by Crippen LogP contribution is 2.34. The van der Waals surface area contributed by atoms with E-state index in [-0.39, 0.29) is 5.75 Å². The molecule has 0 aliphatic rings. The van der Waals surface area contributed by atoms with Gasteiger partial charge in [-0.3, -0.25) is 4.55 Å². The van der Waals surface area contributed by atoms with Crippen molar-refractivity contribution in [2.45, 2.75) is 69.6 Å². The second-order valence-corrected chi connectivity index (χ2v) is 8.43. The van der Waals surface area contributed by atoms with E-state index in [2.05, 4.69) is 6.92 Å². The van der Waals surface area contributed by atoms with Crippen molar-refractivity contribution in [1.29, 1.82) is 0 Å². The fraction of sp³-hybridized carbons (Fsp3) is 0.455. The van der Waals surface area contributed by atoms with Crippen LogP contribution in [0.1, 0.15) is 63.9 Å². The molecule has 28 heavy (non-hydrogen) atoms. The van der Waals surface area contributed by atoms with Gasteiger partial charge in [0.15, 0.2) is 0 Å². The highest BCUT2D eigenvalue weighted by Gasteiger charge is 2.20. The number of aryl methyl sites for hydroxylation is 1. The lowest BCUT2D eigenvalue weighted by molar-refractivity contribution is 0.428. The third kappa shape index (κ3) is 7.17. The average molecular weight is 407 g/mol. The maximum Gasteiger partial charge on any atom is 0.298 e.